The molecule has 4 atom stereocenters. The van der Waals surface area contributed by atoms with Gasteiger partial charge in [0.1, 0.15) is 0 Å². The molecule has 4 aromatic rings. The number of nitrogens with zero attached hydrogens (tertiary/aromatic N) is 4. The molecule has 2 fully saturated rings. The number of anilines is 2. The molecule has 206 valence electrons. The van der Waals surface area contributed by atoms with Crippen molar-refractivity contribution in [3.8, 4) is 5.69 Å². The average molecular weight is 570 g/mol. The maximum Gasteiger partial charge on any atom is 0.174 e. The fraction of sp³-hybridized carbons (Fsp3) is 0.333. The van der Waals surface area contributed by atoms with Crippen LogP contribution < -0.4 is 15.1 Å². The topological polar surface area (TPSA) is 36.3 Å². The van der Waals surface area contributed by atoms with Crippen LogP contribution >= 0.6 is 23.8 Å². The van der Waals surface area contributed by atoms with Crippen LogP contribution in [0.4, 0.5) is 11.4 Å². The maximum absolute atomic E-state index is 7.02. The second-order valence-electron chi connectivity index (χ2n) is 11.5. The highest BCUT2D eigenvalue weighted by molar-refractivity contribution is 7.80. The Bertz CT molecular complexity index is 1510. The number of pyridine rings is 1. The van der Waals surface area contributed by atoms with Crippen LogP contribution in [0.1, 0.15) is 55.0 Å². The first-order valence-corrected chi connectivity index (χ1v) is 14.9. The Hall–Kier alpha value is -3.35. The quantitative estimate of drug-likeness (QED) is 0.248. The van der Waals surface area contributed by atoms with Crippen molar-refractivity contribution in [3.63, 3.8) is 0 Å². The van der Waals surface area contributed by atoms with Crippen molar-refractivity contribution in [2.75, 3.05) is 22.9 Å². The van der Waals surface area contributed by atoms with Gasteiger partial charge in [-0.15, -0.1) is 0 Å². The summed E-state index contributed by atoms with van der Waals surface area (Å²) in [6, 6.07) is 25.1. The molecule has 0 saturated carbocycles. The van der Waals surface area contributed by atoms with Gasteiger partial charge in [0.2, 0.25) is 0 Å². The molecule has 1 N–H and O–H groups in total. The van der Waals surface area contributed by atoms with Gasteiger partial charge >= 0.3 is 0 Å². The Morgan fingerprint density at radius 2 is 1.62 bits per heavy atom. The highest BCUT2D eigenvalue weighted by Gasteiger charge is 2.42. The predicted molar refractivity (Wildman–Crippen MR) is 170 cm³/mol. The van der Waals surface area contributed by atoms with E-state index in [-0.39, 0.29) is 12.1 Å². The number of aryl methyl sites for hydroxylation is 1. The van der Waals surface area contributed by atoms with E-state index in [1.54, 1.807) is 0 Å². The Kier molecular flexibility index (Phi) is 7.32. The number of hydrogen-bond acceptors (Lipinski definition) is 3. The van der Waals surface area contributed by atoms with Gasteiger partial charge in [-0.25, -0.2) is 0 Å². The summed E-state index contributed by atoms with van der Waals surface area (Å²) < 4.78 is 2.32. The highest BCUT2D eigenvalue weighted by Crippen LogP contribution is 2.45. The van der Waals surface area contributed by atoms with E-state index in [9.17, 15) is 0 Å². The second-order valence-corrected chi connectivity index (χ2v) is 12.3. The molecule has 0 radical (unpaired) electrons. The largest absolute Gasteiger partial charge is 0.370 e. The molecule has 7 heteroatoms. The molecule has 2 aromatic carbocycles. The van der Waals surface area contributed by atoms with Crippen LogP contribution in [0.25, 0.3) is 5.69 Å². The molecule has 5 nitrogen and oxygen atoms in total. The van der Waals surface area contributed by atoms with Gasteiger partial charge < -0.3 is 19.7 Å². The van der Waals surface area contributed by atoms with Gasteiger partial charge in [0, 0.05) is 42.0 Å². The van der Waals surface area contributed by atoms with E-state index in [0.29, 0.717) is 16.9 Å². The molecule has 2 aliphatic heterocycles. The summed E-state index contributed by atoms with van der Waals surface area (Å²) in [6.07, 6.45) is 3.11. The van der Waals surface area contributed by atoms with Crippen molar-refractivity contribution in [1.29, 1.82) is 0 Å². The Morgan fingerprint density at radius 1 is 0.900 bits per heavy atom. The fourth-order valence-electron chi connectivity index (χ4n) is 6.77. The summed E-state index contributed by atoms with van der Waals surface area (Å²) >= 11 is 13.0. The average Bonchev–Trinajstić information content (AvgIpc) is 3.43. The van der Waals surface area contributed by atoms with Gasteiger partial charge in [-0.05, 0) is 98.4 Å². The van der Waals surface area contributed by atoms with Crippen molar-refractivity contribution in [3.05, 3.63) is 107 Å². The number of nitrogens with one attached hydrogen (secondary N) is 1. The van der Waals surface area contributed by atoms with Crippen molar-refractivity contribution in [1.82, 2.24) is 14.9 Å². The first-order chi connectivity index (χ1) is 19.3. The zero-order valence-electron chi connectivity index (χ0n) is 23.5. The van der Waals surface area contributed by atoms with E-state index in [1.807, 2.05) is 18.3 Å². The van der Waals surface area contributed by atoms with Crippen LogP contribution in [0.15, 0.2) is 79.0 Å². The third kappa shape index (κ3) is 4.88. The lowest BCUT2D eigenvalue weighted by atomic mass is 9.91. The summed E-state index contributed by atoms with van der Waals surface area (Å²) in [6.45, 7) is 11.1. The monoisotopic (exact) mass is 569 g/mol. The number of rotatable bonds is 5. The van der Waals surface area contributed by atoms with Crippen molar-refractivity contribution in [2.24, 2.45) is 11.8 Å². The van der Waals surface area contributed by atoms with E-state index in [2.05, 4.69) is 108 Å². The van der Waals surface area contributed by atoms with Crippen LogP contribution in [0.5, 0.6) is 0 Å². The van der Waals surface area contributed by atoms with Crippen LogP contribution in [0.2, 0.25) is 5.02 Å². The van der Waals surface area contributed by atoms with Crippen LogP contribution in [-0.4, -0.2) is 27.8 Å². The lowest BCUT2D eigenvalue weighted by molar-refractivity contribution is 0.357. The van der Waals surface area contributed by atoms with E-state index in [1.165, 1.54) is 23.4 Å². The smallest absolute Gasteiger partial charge is 0.174 e. The molecule has 0 unspecified atom stereocenters. The molecule has 6 rings (SSSR count). The minimum atomic E-state index is -0.110. The number of piperidine rings is 1. The van der Waals surface area contributed by atoms with Crippen LogP contribution in [0, 0.1) is 25.7 Å². The lowest BCUT2D eigenvalue weighted by Crippen LogP contribution is -2.38. The molecule has 2 saturated heterocycles. The Labute approximate surface area is 247 Å². The van der Waals surface area contributed by atoms with E-state index in [0.717, 1.165) is 40.9 Å². The molecule has 0 bridgehead atoms. The Morgan fingerprint density at radius 3 is 2.30 bits per heavy atom. The first-order valence-electron chi connectivity index (χ1n) is 14.1. The van der Waals surface area contributed by atoms with Crippen molar-refractivity contribution >= 4 is 40.3 Å². The number of hydrogen-bond donors (Lipinski definition) is 1. The summed E-state index contributed by atoms with van der Waals surface area (Å²) in [7, 11) is 0. The highest BCUT2D eigenvalue weighted by atomic mass is 35.5. The van der Waals surface area contributed by atoms with Crippen LogP contribution in [0.3, 0.4) is 0 Å². The third-order valence-electron chi connectivity index (χ3n) is 8.32. The normalized spacial score (nSPS) is 23.0. The van der Waals surface area contributed by atoms with Gasteiger partial charge in [-0.1, -0.05) is 49.7 Å². The summed E-state index contributed by atoms with van der Waals surface area (Å²) in [5.41, 5.74) is 7.77. The second kappa shape index (κ2) is 10.9. The molecule has 0 amide bonds. The summed E-state index contributed by atoms with van der Waals surface area (Å²) in [5.74, 6) is 1.30. The standard InChI is InChI=1S/C33H36ClN5S/c1-21-16-22(2)20-37(19-21)30-14-13-26(18-28(30)34)39-32(31(36-33(39)40)29-12-8-9-15-35-29)27-17-23(3)38(24(27)4)25-10-6-5-7-11-25/h5-15,17-18,21-22,31-32H,16,19-20H2,1-4H3,(H,36,40)/t21-,22+,31-,32-/m0/s1. The lowest BCUT2D eigenvalue weighted by Gasteiger charge is -2.37. The SMILES string of the molecule is Cc1cc([C@H]2[C@H](c3ccccn3)NC(=S)N2c2ccc(N3C[C@H](C)C[C@H](C)C3)c(Cl)c2)c(C)n1-c1ccccc1. The third-order valence-corrected chi connectivity index (χ3v) is 8.94. The van der Waals surface area contributed by atoms with Gasteiger partial charge in [-0.2, -0.15) is 0 Å². The van der Waals surface area contributed by atoms with E-state index < -0.39 is 0 Å². The van der Waals surface area contributed by atoms with Gasteiger partial charge in [0.05, 0.1) is 28.5 Å². The zero-order chi connectivity index (χ0) is 28.0. The fourth-order valence-corrected chi connectivity index (χ4v) is 7.41. The molecule has 2 aliphatic rings. The Balaban J connectivity index is 1.44. The number of halogens is 1. The van der Waals surface area contributed by atoms with Crippen molar-refractivity contribution < 1.29 is 0 Å². The van der Waals surface area contributed by atoms with Gasteiger partial charge in [0.15, 0.2) is 5.11 Å². The van der Waals surface area contributed by atoms with Gasteiger partial charge in [0.25, 0.3) is 0 Å². The maximum atomic E-state index is 7.02. The first kappa shape index (κ1) is 26.9. The van der Waals surface area contributed by atoms with E-state index >= 15 is 0 Å². The van der Waals surface area contributed by atoms with Crippen molar-refractivity contribution in [2.45, 2.75) is 46.2 Å². The molecular formula is C33H36ClN5S. The number of aromatic nitrogens is 2. The molecule has 2 aromatic heterocycles. The number of thiocarbonyl (C=S) groups is 1. The van der Waals surface area contributed by atoms with Gasteiger partial charge in [-0.3, -0.25) is 4.98 Å². The molecular weight excluding hydrogens is 534 g/mol. The zero-order valence-corrected chi connectivity index (χ0v) is 25.1. The molecule has 4 heterocycles. The predicted octanol–water partition coefficient (Wildman–Crippen LogP) is 7.80. The number of benzene rings is 2. The minimum absolute atomic E-state index is 0.0944. The molecule has 0 aliphatic carbocycles. The summed E-state index contributed by atoms with van der Waals surface area (Å²) in [4.78, 5) is 9.40. The number of para-hydroxylation sites is 1. The van der Waals surface area contributed by atoms with E-state index in [4.69, 9.17) is 28.8 Å². The molecule has 0 spiro atoms. The summed E-state index contributed by atoms with van der Waals surface area (Å²) in [5, 5.41) is 5.04. The molecule has 40 heavy (non-hydrogen) atoms. The van der Waals surface area contributed by atoms with Crippen LogP contribution in [-0.2, 0) is 0 Å². The minimum Gasteiger partial charge on any atom is -0.370 e.